The molecule has 6 nitrogen and oxygen atoms in total. The molecule has 0 saturated carbocycles. The van der Waals surface area contributed by atoms with Crippen LogP contribution in [0, 0.1) is 0 Å². The zero-order chi connectivity index (χ0) is 23.9. The number of carbonyl (C=O) groups is 1. The van der Waals surface area contributed by atoms with Crippen LogP contribution in [0.4, 0.5) is 0 Å². The van der Waals surface area contributed by atoms with Gasteiger partial charge < -0.3 is 22.4 Å². The van der Waals surface area contributed by atoms with E-state index in [0.29, 0.717) is 18.8 Å². The van der Waals surface area contributed by atoms with Crippen LogP contribution in [0.15, 0.2) is 60.7 Å². The first kappa shape index (κ1) is 27.0. The summed E-state index contributed by atoms with van der Waals surface area (Å²) in [6.07, 6.45) is 7.29. The molecule has 2 aromatic carbocycles. The Labute approximate surface area is 199 Å². The molecule has 0 bridgehead atoms. The molecule has 2 aromatic rings. The first-order valence-corrected chi connectivity index (χ1v) is 13.0. The Bertz CT molecular complexity index is 832. The summed E-state index contributed by atoms with van der Waals surface area (Å²) in [4.78, 5) is 12.3. The van der Waals surface area contributed by atoms with E-state index in [-0.39, 0.29) is 11.9 Å². The van der Waals surface area contributed by atoms with Gasteiger partial charge in [0.05, 0.1) is 6.61 Å². The van der Waals surface area contributed by atoms with Gasteiger partial charge in [0.15, 0.2) is 5.78 Å². The standard InChI is InChI=1S/C26H36O6Si/c1-22(2)32-33(28-3,29-4)31-21-11-6-5-10-20-30-25-17-15-24(16-18-25)26(27)19-14-23-12-8-7-9-13-23/h7-9,12-19,22H,5-6,10-11,20-21H2,1-4H3. The van der Waals surface area contributed by atoms with Gasteiger partial charge >= 0.3 is 9.05 Å². The first-order valence-electron chi connectivity index (χ1n) is 11.4. The number of rotatable bonds is 16. The molecule has 0 heterocycles. The minimum absolute atomic E-state index is 0.0216. The lowest BCUT2D eigenvalue weighted by Crippen LogP contribution is -2.49. The number of carbonyl (C=O) groups excluding carboxylic acids is 1. The number of hydrogen-bond donors (Lipinski definition) is 0. The maximum Gasteiger partial charge on any atom is 0.679 e. The van der Waals surface area contributed by atoms with E-state index >= 15 is 0 Å². The normalized spacial score (nSPS) is 11.9. The molecule has 180 valence electrons. The monoisotopic (exact) mass is 472 g/mol. The van der Waals surface area contributed by atoms with Crippen molar-refractivity contribution in [2.24, 2.45) is 0 Å². The minimum atomic E-state index is -3.01. The zero-order valence-corrected chi connectivity index (χ0v) is 21.1. The molecule has 0 aliphatic rings. The third-order valence-electron chi connectivity index (χ3n) is 4.83. The van der Waals surface area contributed by atoms with E-state index < -0.39 is 9.05 Å². The Balaban J connectivity index is 1.62. The number of allylic oxidation sites excluding steroid dienone is 1. The molecule has 0 unspecified atom stereocenters. The summed E-state index contributed by atoms with van der Waals surface area (Å²) in [7, 11) is 0.0952. The maximum absolute atomic E-state index is 12.3. The number of ether oxygens (including phenoxy) is 1. The highest BCUT2D eigenvalue weighted by Gasteiger charge is 2.44. The molecule has 0 fully saturated rings. The fourth-order valence-electron chi connectivity index (χ4n) is 3.11. The molecule has 0 spiro atoms. The average molecular weight is 473 g/mol. The second-order valence-electron chi connectivity index (χ2n) is 7.82. The van der Waals surface area contributed by atoms with Crippen molar-refractivity contribution in [3.8, 4) is 5.75 Å². The van der Waals surface area contributed by atoms with Gasteiger partial charge in [-0.25, -0.2) is 0 Å². The van der Waals surface area contributed by atoms with E-state index in [1.807, 2.05) is 62.4 Å². The van der Waals surface area contributed by atoms with Crippen LogP contribution in [0.1, 0.15) is 55.5 Å². The van der Waals surface area contributed by atoms with Gasteiger partial charge in [0.1, 0.15) is 5.75 Å². The smallest absolute Gasteiger partial charge is 0.494 e. The van der Waals surface area contributed by atoms with Gasteiger partial charge in [0, 0.05) is 32.5 Å². The Morgan fingerprint density at radius 2 is 1.52 bits per heavy atom. The fraction of sp³-hybridized carbons (Fsp3) is 0.423. The second-order valence-corrected chi connectivity index (χ2v) is 10.2. The van der Waals surface area contributed by atoms with Crippen molar-refractivity contribution in [3.63, 3.8) is 0 Å². The minimum Gasteiger partial charge on any atom is -0.494 e. The number of unbranched alkanes of at least 4 members (excludes halogenated alkanes) is 3. The summed E-state index contributed by atoms with van der Waals surface area (Å²) >= 11 is 0. The highest BCUT2D eigenvalue weighted by molar-refractivity contribution is 6.53. The lowest BCUT2D eigenvalue weighted by molar-refractivity contribution is -0.0266. The Morgan fingerprint density at radius 1 is 0.879 bits per heavy atom. The van der Waals surface area contributed by atoms with Gasteiger partial charge in [-0.05, 0) is 69.0 Å². The van der Waals surface area contributed by atoms with E-state index in [9.17, 15) is 4.79 Å². The van der Waals surface area contributed by atoms with E-state index in [1.165, 1.54) is 0 Å². The molecule has 0 aliphatic heterocycles. The Kier molecular flexibility index (Phi) is 12.1. The molecule has 7 heteroatoms. The molecule has 2 rings (SSSR count). The number of ketones is 1. The quantitative estimate of drug-likeness (QED) is 0.135. The third-order valence-corrected chi connectivity index (χ3v) is 7.15. The topological polar surface area (TPSA) is 63.2 Å². The number of hydrogen-bond acceptors (Lipinski definition) is 6. The van der Waals surface area contributed by atoms with Crippen LogP contribution < -0.4 is 4.74 Å². The average Bonchev–Trinajstić information content (AvgIpc) is 2.84. The van der Waals surface area contributed by atoms with Crippen molar-refractivity contribution in [1.82, 2.24) is 0 Å². The van der Waals surface area contributed by atoms with Crippen molar-refractivity contribution in [2.45, 2.75) is 45.6 Å². The Morgan fingerprint density at radius 3 is 2.12 bits per heavy atom. The molecule has 0 radical (unpaired) electrons. The van der Waals surface area contributed by atoms with Gasteiger partial charge in [-0.15, -0.1) is 0 Å². The summed E-state index contributed by atoms with van der Waals surface area (Å²) in [6.45, 7) is 5.03. The molecule has 0 N–H and O–H groups in total. The molecule has 0 aromatic heterocycles. The highest BCUT2D eigenvalue weighted by atomic mass is 28.4. The van der Waals surface area contributed by atoms with E-state index in [2.05, 4.69) is 0 Å². The van der Waals surface area contributed by atoms with Crippen LogP contribution in [-0.2, 0) is 17.7 Å². The highest BCUT2D eigenvalue weighted by Crippen LogP contribution is 2.16. The van der Waals surface area contributed by atoms with E-state index in [4.69, 9.17) is 22.4 Å². The molecular formula is C26H36O6Si. The van der Waals surface area contributed by atoms with Crippen LogP contribution >= 0.6 is 0 Å². The number of benzene rings is 2. The molecule has 0 aliphatic carbocycles. The van der Waals surface area contributed by atoms with Gasteiger partial charge in [0.25, 0.3) is 0 Å². The first-order chi connectivity index (χ1) is 16.0. The molecule has 33 heavy (non-hydrogen) atoms. The van der Waals surface area contributed by atoms with Crippen LogP contribution in [0.25, 0.3) is 6.08 Å². The molecule has 0 atom stereocenters. The summed E-state index contributed by atoms with van der Waals surface area (Å²) in [5.41, 5.74) is 1.64. The molecule has 0 amide bonds. The fourth-order valence-corrected chi connectivity index (χ4v) is 4.75. The van der Waals surface area contributed by atoms with Crippen LogP contribution in [-0.4, -0.2) is 48.4 Å². The Hall–Kier alpha value is -2.29. The van der Waals surface area contributed by atoms with Gasteiger partial charge in [-0.1, -0.05) is 42.8 Å². The SMILES string of the molecule is CO[Si](OC)(OCCCCCCOc1ccc(C(=O)C=Cc2ccccc2)cc1)OC(C)C. The van der Waals surface area contributed by atoms with Crippen molar-refractivity contribution in [2.75, 3.05) is 27.4 Å². The van der Waals surface area contributed by atoms with Crippen LogP contribution in [0.2, 0.25) is 0 Å². The second kappa shape index (κ2) is 14.8. The predicted molar refractivity (Wildman–Crippen MR) is 132 cm³/mol. The maximum atomic E-state index is 12.3. The van der Waals surface area contributed by atoms with Crippen LogP contribution in [0.5, 0.6) is 5.75 Å². The van der Waals surface area contributed by atoms with Gasteiger partial charge in [-0.2, -0.15) is 0 Å². The van der Waals surface area contributed by atoms with E-state index in [1.54, 1.807) is 32.4 Å². The van der Waals surface area contributed by atoms with Gasteiger partial charge in [-0.3, -0.25) is 4.79 Å². The van der Waals surface area contributed by atoms with Crippen molar-refractivity contribution in [1.29, 1.82) is 0 Å². The summed E-state index contributed by atoms with van der Waals surface area (Å²) in [6, 6.07) is 17.0. The molecular weight excluding hydrogens is 436 g/mol. The summed E-state index contributed by atoms with van der Waals surface area (Å²) in [5.74, 6) is 0.740. The third kappa shape index (κ3) is 10.0. The lowest BCUT2D eigenvalue weighted by atomic mass is 10.1. The van der Waals surface area contributed by atoms with Gasteiger partial charge in [0.2, 0.25) is 0 Å². The summed E-state index contributed by atoms with van der Waals surface area (Å²) < 4.78 is 28.1. The predicted octanol–water partition coefficient (Wildman–Crippen LogP) is 5.69. The van der Waals surface area contributed by atoms with Crippen LogP contribution in [0.3, 0.4) is 0 Å². The lowest BCUT2D eigenvalue weighted by Gasteiger charge is -2.26. The summed E-state index contributed by atoms with van der Waals surface area (Å²) in [5, 5.41) is 0. The van der Waals surface area contributed by atoms with Crippen molar-refractivity contribution >= 4 is 20.9 Å². The largest absolute Gasteiger partial charge is 0.679 e. The zero-order valence-electron chi connectivity index (χ0n) is 20.1. The van der Waals surface area contributed by atoms with Crippen molar-refractivity contribution < 1.29 is 27.2 Å². The molecule has 0 saturated heterocycles. The van der Waals surface area contributed by atoms with E-state index in [0.717, 1.165) is 37.0 Å². The van der Waals surface area contributed by atoms with Crippen molar-refractivity contribution in [3.05, 3.63) is 71.8 Å².